The quantitative estimate of drug-likeness (QED) is 0.770. The van der Waals surface area contributed by atoms with Crippen molar-refractivity contribution in [1.82, 2.24) is 5.32 Å². The predicted octanol–water partition coefficient (Wildman–Crippen LogP) is 0.915. The van der Waals surface area contributed by atoms with E-state index in [1.165, 1.54) is 6.92 Å². The SMILES string of the molecule is CC(=O)Nc1cccc(C(=O)NCC2(O)CCOC2C)c1. The molecule has 0 spiro atoms. The van der Waals surface area contributed by atoms with E-state index in [2.05, 4.69) is 10.6 Å². The Labute approximate surface area is 123 Å². The number of rotatable bonds is 4. The minimum absolute atomic E-state index is 0.136. The number of amides is 2. The molecule has 1 aliphatic heterocycles. The van der Waals surface area contributed by atoms with Gasteiger partial charge < -0.3 is 20.5 Å². The molecule has 0 saturated carbocycles. The highest BCUT2D eigenvalue weighted by atomic mass is 16.5. The van der Waals surface area contributed by atoms with Crippen molar-refractivity contribution in [3.05, 3.63) is 29.8 Å². The number of hydrogen-bond donors (Lipinski definition) is 3. The van der Waals surface area contributed by atoms with Gasteiger partial charge in [-0.05, 0) is 25.1 Å². The van der Waals surface area contributed by atoms with Gasteiger partial charge in [0.05, 0.1) is 6.10 Å². The highest BCUT2D eigenvalue weighted by Gasteiger charge is 2.39. The molecule has 2 atom stereocenters. The van der Waals surface area contributed by atoms with Crippen molar-refractivity contribution in [2.75, 3.05) is 18.5 Å². The Kier molecular flexibility index (Phi) is 4.59. The third kappa shape index (κ3) is 3.80. The lowest BCUT2D eigenvalue weighted by molar-refractivity contribution is -0.114. The summed E-state index contributed by atoms with van der Waals surface area (Å²) in [5, 5.41) is 15.7. The number of benzene rings is 1. The van der Waals surface area contributed by atoms with Crippen LogP contribution in [0.4, 0.5) is 5.69 Å². The van der Waals surface area contributed by atoms with E-state index in [0.717, 1.165) is 0 Å². The third-order valence-corrected chi connectivity index (χ3v) is 3.66. The standard InChI is InChI=1S/C15H20N2O4/c1-10-15(20,6-7-21-10)9-16-14(19)12-4-3-5-13(8-12)17-11(2)18/h3-5,8,10,20H,6-7,9H2,1-2H3,(H,16,19)(H,17,18). The zero-order valence-corrected chi connectivity index (χ0v) is 12.2. The highest BCUT2D eigenvalue weighted by molar-refractivity contribution is 5.96. The number of aliphatic hydroxyl groups is 1. The van der Waals surface area contributed by atoms with Gasteiger partial charge in [0.25, 0.3) is 5.91 Å². The van der Waals surface area contributed by atoms with Gasteiger partial charge in [-0.1, -0.05) is 6.07 Å². The van der Waals surface area contributed by atoms with Crippen molar-refractivity contribution in [3.63, 3.8) is 0 Å². The van der Waals surface area contributed by atoms with E-state index in [1.807, 2.05) is 0 Å². The summed E-state index contributed by atoms with van der Waals surface area (Å²) < 4.78 is 5.32. The van der Waals surface area contributed by atoms with Crippen LogP contribution < -0.4 is 10.6 Å². The first-order chi connectivity index (χ1) is 9.90. The van der Waals surface area contributed by atoms with Gasteiger partial charge in [-0.25, -0.2) is 0 Å². The van der Waals surface area contributed by atoms with Crippen LogP contribution in [0.15, 0.2) is 24.3 Å². The monoisotopic (exact) mass is 292 g/mol. The fourth-order valence-electron chi connectivity index (χ4n) is 2.28. The van der Waals surface area contributed by atoms with E-state index in [0.29, 0.717) is 24.3 Å². The van der Waals surface area contributed by atoms with Gasteiger partial charge in [-0.3, -0.25) is 9.59 Å². The van der Waals surface area contributed by atoms with Gasteiger partial charge in [0.15, 0.2) is 0 Å². The van der Waals surface area contributed by atoms with Crippen LogP contribution >= 0.6 is 0 Å². The molecular weight excluding hydrogens is 272 g/mol. The lowest BCUT2D eigenvalue weighted by atomic mass is 9.96. The predicted molar refractivity (Wildman–Crippen MR) is 78.1 cm³/mol. The Morgan fingerprint density at radius 2 is 2.24 bits per heavy atom. The number of hydrogen-bond acceptors (Lipinski definition) is 4. The molecule has 114 valence electrons. The molecular formula is C15H20N2O4. The average Bonchev–Trinajstić information content (AvgIpc) is 2.76. The lowest BCUT2D eigenvalue weighted by Crippen LogP contribution is -2.47. The number of carbonyl (C=O) groups is 2. The summed E-state index contributed by atoms with van der Waals surface area (Å²) >= 11 is 0. The number of carbonyl (C=O) groups excluding carboxylic acids is 2. The molecule has 6 heteroatoms. The van der Waals surface area contributed by atoms with Gasteiger partial charge in [-0.15, -0.1) is 0 Å². The Morgan fingerprint density at radius 3 is 2.86 bits per heavy atom. The van der Waals surface area contributed by atoms with Crippen molar-refractivity contribution in [1.29, 1.82) is 0 Å². The van der Waals surface area contributed by atoms with Gasteiger partial charge in [0.2, 0.25) is 5.91 Å². The maximum atomic E-state index is 12.1. The molecule has 0 radical (unpaired) electrons. The molecule has 2 rings (SSSR count). The average molecular weight is 292 g/mol. The molecule has 2 amide bonds. The van der Waals surface area contributed by atoms with Crippen LogP contribution in [0.1, 0.15) is 30.6 Å². The molecule has 0 aliphatic carbocycles. The number of ether oxygens (including phenoxy) is 1. The molecule has 21 heavy (non-hydrogen) atoms. The molecule has 1 aromatic rings. The minimum Gasteiger partial charge on any atom is -0.385 e. The summed E-state index contributed by atoms with van der Waals surface area (Å²) in [5.41, 5.74) is -0.0342. The lowest BCUT2D eigenvalue weighted by Gasteiger charge is -2.26. The summed E-state index contributed by atoms with van der Waals surface area (Å²) in [7, 11) is 0. The first-order valence-corrected chi connectivity index (χ1v) is 6.90. The Morgan fingerprint density at radius 1 is 1.48 bits per heavy atom. The van der Waals surface area contributed by atoms with Crippen LogP contribution in [0.5, 0.6) is 0 Å². The van der Waals surface area contributed by atoms with E-state index < -0.39 is 5.60 Å². The fourth-order valence-corrected chi connectivity index (χ4v) is 2.28. The van der Waals surface area contributed by atoms with Gasteiger partial charge >= 0.3 is 0 Å². The molecule has 6 nitrogen and oxygen atoms in total. The maximum Gasteiger partial charge on any atom is 0.251 e. The van der Waals surface area contributed by atoms with Gasteiger partial charge in [0.1, 0.15) is 5.60 Å². The van der Waals surface area contributed by atoms with Crippen LogP contribution in [-0.4, -0.2) is 41.8 Å². The third-order valence-electron chi connectivity index (χ3n) is 3.66. The van der Waals surface area contributed by atoms with E-state index in [-0.39, 0.29) is 24.5 Å². The van der Waals surface area contributed by atoms with Gasteiger partial charge in [-0.2, -0.15) is 0 Å². The second-order valence-electron chi connectivity index (χ2n) is 5.31. The van der Waals surface area contributed by atoms with Crippen LogP contribution in [0.25, 0.3) is 0 Å². The summed E-state index contributed by atoms with van der Waals surface area (Å²) in [6, 6.07) is 6.64. The van der Waals surface area contributed by atoms with E-state index in [4.69, 9.17) is 4.74 Å². The fraction of sp³-hybridized carbons (Fsp3) is 0.467. The summed E-state index contributed by atoms with van der Waals surface area (Å²) in [4.78, 5) is 23.1. The van der Waals surface area contributed by atoms with Crippen LogP contribution in [0.2, 0.25) is 0 Å². The zero-order valence-electron chi connectivity index (χ0n) is 12.2. The zero-order chi connectivity index (χ0) is 15.5. The minimum atomic E-state index is -1.02. The molecule has 1 aliphatic rings. The summed E-state index contributed by atoms with van der Waals surface area (Å²) in [6.07, 6.45) is 0.198. The Balaban J connectivity index is 1.98. The van der Waals surface area contributed by atoms with Crippen molar-refractivity contribution in [2.24, 2.45) is 0 Å². The topological polar surface area (TPSA) is 87.7 Å². The summed E-state index contributed by atoms with van der Waals surface area (Å²) in [6.45, 7) is 3.82. The second kappa shape index (κ2) is 6.24. The first kappa shape index (κ1) is 15.5. The number of nitrogens with one attached hydrogen (secondary N) is 2. The van der Waals surface area contributed by atoms with Gasteiger partial charge in [0, 0.05) is 37.7 Å². The molecule has 3 N–H and O–H groups in total. The van der Waals surface area contributed by atoms with Crippen LogP contribution in [-0.2, 0) is 9.53 Å². The van der Waals surface area contributed by atoms with Crippen molar-refractivity contribution in [3.8, 4) is 0 Å². The first-order valence-electron chi connectivity index (χ1n) is 6.90. The molecule has 1 fully saturated rings. The second-order valence-corrected chi connectivity index (χ2v) is 5.31. The molecule has 1 saturated heterocycles. The maximum absolute atomic E-state index is 12.1. The van der Waals surface area contributed by atoms with E-state index in [9.17, 15) is 14.7 Å². The van der Waals surface area contributed by atoms with Crippen molar-refractivity contribution in [2.45, 2.75) is 32.0 Å². The van der Waals surface area contributed by atoms with E-state index >= 15 is 0 Å². The molecule has 0 bridgehead atoms. The van der Waals surface area contributed by atoms with Crippen LogP contribution in [0, 0.1) is 0 Å². The Hall–Kier alpha value is -1.92. The summed E-state index contributed by atoms with van der Waals surface area (Å²) in [5.74, 6) is -0.492. The van der Waals surface area contributed by atoms with Crippen LogP contribution in [0.3, 0.4) is 0 Å². The van der Waals surface area contributed by atoms with Crippen molar-refractivity contribution < 1.29 is 19.4 Å². The highest BCUT2D eigenvalue weighted by Crippen LogP contribution is 2.24. The molecule has 2 unspecified atom stereocenters. The molecule has 0 aromatic heterocycles. The van der Waals surface area contributed by atoms with Crippen molar-refractivity contribution >= 4 is 17.5 Å². The Bertz CT molecular complexity index is 546. The normalized spacial score (nSPS) is 24.6. The molecule has 1 heterocycles. The van der Waals surface area contributed by atoms with E-state index in [1.54, 1.807) is 31.2 Å². The largest absolute Gasteiger partial charge is 0.385 e. The smallest absolute Gasteiger partial charge is 0.251 e. The molecule has 1 aromatic carbocycles. The number of anilines is 1.